The van der Waals surface area contributed by atoms with E-state index in [2.05, 4.69) is 4.98 Å². The van der Waals surface area contributed by atoms with Crippen molar-refractivity contribution in [1.82, 2.24) is 14.5 Å². The van der Waals surface area contributed by atoms with Gasteiger partial charge in [-0.25, -0.2) is 4.98 Å². The van der Waals surface area contributed by atoms with Crippen LogP contribution in [0.25, 0.3) is 11.0 Å². The van der Waals surface area contributed by atoms with Crippen molar-refractivity contribution < 1.29 is 9.59 Å². The molecule has 1 saturated heterocycles. The average molecular weight is 293 g/mol. The Kier molecular flexibility index (Phi) is 2.90. The zero-order chi connectivity index (χ0) is 14.4. The summed E-state index contributed by atoms with van der Waals surface area (Å²) < 4.78 is 1.63. The Morgan fingerprint density at radius 3 is 2.90 bits per heavy atom. The predicted molar refractivity (Wildman–Crippen MR) is 75.2 cm³/mol. The molecule has 1 fully saturated rings. The van der Waals surface area contributed by atoms with Gasteiger partial charge in [-0.1, -0.05) is 17.7 Å². The Hall–Kier alpha value is -2.08. The van der Waals surface area contributed by atoms with Crippen LogP contribution in [0.1, 0.15) is 18.9 Å². The number of likely N-dealkylation sites (tertiary alicyclic amines) is 1. The molecule has 2 aromatic rings. The lowest BCUT2D eigenvalue weighted by molar-refractivity contribution is -0.149. The number of carbonyl (C=O) groups is 2. The van der Waals surface area contributed by atoms with E-state index in [1.807, 2.05) is 0 Å². The second-order valence-electron chi connectivity index (χ2n) is 4.79. The summed E-state index contributed by atoms with van der Waals surface area (Å²) in [5, 5.41) is 0.485. The second-order valence-corrected chi connectivity index (χ2v) is 5.20. The number of fused-ring (bicyclic) bond motifs is 1. The number of nitrogens with two attached hydrogens (primary N) is 1. The molecule has 1 atom stereocenters. The average Bonchev–Trinajstić information content (AvgIpc) is 2.74. The summed E-state index contributed by atoms with van der Waals surface area (Å²) >= 11 is 6.20. The maximum atomic E-state index is 12.3. The van der Waals surface area contributed by atoms with Crippen molar-refractivity contribution >= 4 is 40.4 Å². The first kappa shape index (κ1) is 12.9. The molecule has 1 aliphatic heterocycles. The van der Waals surface area contributed by atoms with Crippen LogP contribution in [-0.4, -0.2) is 33.3 Å². The molecule has 2 amide bonds. The number of likely N-dealkylation sites (N-methyl/N-ethyl adjacent to an activating group) is 1. The zero-order valence-corrected chi connectivity index (χ0v) is 11.6. The van der Waals surface area contributed by atoms with Crippen LogP contribution in [0.3, 0.4) is 0 Å². The maximum absolute atomic E-state index is 12.3. The van der Waals surface area contributed by atoms with Gasteiger partial charge in [-0.15, -0.1) is 0 Å². The van der Waals surface area contributed by atoms with E-state index >= 15 is 0 Å². The number of rotatable bonds is 1. The number of carbonyl (C=O) groups excluding carboxylic acids is 2. The van der Waals surface area contributed by atoms with Gasteiger partial charge in [0.05, 0.1) is 16.1 Å². The summed E-state index contributed by atoms with van der Waals surface area (Å²) in [4.78, 5) is 29.2. The van der Waals surface area contributed by atoms with Crippen molar-refractivity contribution in [3.8, 4) is 0 Å². The van der Waals surface area contributed by atoms with E-state index in [1.165, 1.54) is 7.05 Å². The largest absolute Gasteiger partial charge is 0.369 e. The van der Waals surface area contributed by atoms with Gasteiger partial charge < -0.3 is 5.73 Å². The van der Waals surface area contributed by atoms with E-state index in [9.17, 15) is 9.59 Å². The number of halogens is 1. The second kappa shape index (κ2) is 4.49. The fourth-order valence-corrected chi connectivity index (χ4v) is 2.84. The molecule has 1 aromatic carbocycles. The topological polar surface area (TPSA) is 81.2 Å². The number of imidazole rings is 1. The summed E-state index contributed by atoms with van der Waals surface area (Å²) in [5.74, 6) is -0.235. The first-order valence-corrected chi connectivity index (χ1v) is 6.61. The molecule has 3 rings (SSSR count). The molecule has 20 heavy (non-hydrogen) atoms. The van der Waals surface area contributed by atoms with Crippen LogP contribution in [-0.2, 0) is 9.59 Å². The number of benzene rings is 1. The molecule has 0 radical (unpaired) electrons. The van der Waals surface area contributed by atoms with E-state index in [-0.39, 0.29) is 17.8 Å². The van der Waals surface area contributed by atoms with Crippen LogP contribution in [0.5, 0.6) is 0 Å². The molecule has 6 nitrogen and oxygen atoms in total. The fourth-order valence-electron chi connectivity index (χ4n) is 2.58. The minimum Gasteiger partial charge on any atom is -0.369 e. The molecule has 0 spiro atoms. The molecule has 0 bridgehead atoms. The van der Waals surface area contributed by atoms with Crippen LogP contribution in [0.2, 0.25) is 5.02 Å². The van der Waals surface area contributed by atoms with E-state index < -0.39 is 6.04 Å². The third-order valence-corrected chi connectivity index (χ3v) is 3.93. The Balaban J connectivity index is 2.17. The molecular formula is C13H13ClN4O2. The zero-order valence-electron chi connectivity index (χ0n) is 10.8. The lowest BCUT2D eigenvalue weighted by Crippen LogP contribution is -2.43. The SMILES string of the molecule is CN1C(=O)CCC(n2c(N)nc3cccc(Cl)c32)C1=O. The number of hydrogen-bond donors (Lipinski definition) is 1. The lowest BCUT2D eigenvalue weighted by Gasteiger charge is -2.29. The van der Waals surface area contributed by atoms with Gasteiger partial charge in [-0.05, 0) is 18.6 Å². The van der Waals surface area contributed by atoms with E-state index in [4.69, 9.17) is 17.3 Å². The van der Waals surface area contributed by atoms with Gasteiger partial charge in [-0.3, -0.25) is 19.1 Å². The normalized spacial score (nSPS) is 19.9. The highest BCUT2D eigenvalue weighted by Gasteiger charge is 2.35. The maximum Gasteiger partial charge on any atom is 0.252 e. The number of anilines is 1. The summed E-state index contributed by atoms with van der Waals surface area (Å²) in [5.41, 5.74) is 7.21. The number of amides is 2. The van der Waals surface area contributed by atoms with Gasteiger partial charge in [0.2, 0.25) is 11.9 Å². The Morgan fingerprint density at radius 2 is 2.15 bits per heavy atom. The molecule has 104 valence electrons. The number of hydrogen-bond acceptors (Lipinski definition) is 4. The monoisotopic (exact) mass is 292 g/mol. The summed E-state index contributed by atoms with van der Waals surface area (Å²) in [7, 11) is 1.48. The van der Waals surface area contributed by atoms with E-state index in [0.29, 0.717) is 28.9 Å². The van der Waals surface area contributed by atoms with Crippen molar-refractivity contribution in [2.45, 2.75) is 18.9 Å². The van der Waals surface area contributed by atoms with E-state index in [1.54, 1.807) is 22.8 Å². The number of piperidine rings is 1. The molecule has 1 aromatic heterocycles. The first-order valence-electron chi connectivity index (χ1n) is 6.23. The van der Waals surface area contributed by atoms with Crippen LogP contribution in [0.4, 0.5) is 5.95 Å². The van der Waals surface area contributed by atoms with Crippen LogP contribution < -0.4 is 5.73 Å². The van der Waals surface area contributed by atoms with E-state index in [0.717, 1.165) is 4.90 Å². The standard InChI is InChI=1S/C13H13ClN4O2/c1-17-10(19)6-5-9(12(17)20)18-11-7(14)3-2-4-8(11)16-13(18)15/h2-4,9H,5-6H2,1H3,(H2,15,16). The highest BCUT2D eigenvalue weighted by molar-refractivity contribution is 6.35. The molecule has 0 saturated carbocycles. The Morgan fingerprint density at radius 1 is 1.40 bits per heavy atom. The van der Waals surface area contributed by atoms with Crippen LogP contribution in [0, 0.1) is 0 Å². The minimum atomic E-state index is -0.539. The molecule has 7 heteroatoms. The number of imide groups is 1. The minimum absolute atomic E-state index is 0.180. The van der Waals surface area contributed by atoms with Crippen molar-refractivity contribution in [3.63, 3.8) is 0 Å². The highest BCUT2D eigenvalue weighted by Crippen LogP contribution is 2.33. The summed E-state index contributed by atoms with van der Waals surface area (Å²) in [6.45, 7) is 0. The molecular weight excluding hydrogens is 280 g/mol. The van der Waals surface area contributed by atoms with Gasteiger partial charge in [0.15, 0.2) is 0 Å². The van der Waals surface area contributed by atoms with Crippen molar-refractivity contribution in [2.75, 3.05) is 12.8 Å². The van der Waals surface area contributed by atoms with Gasteiger partial charge in [0, 0.05) is 13.5 Å². The molecule has 0 aliphatic carbocycles. The van der Waals surface area contributed by atoms with Crippen LogP contribution >= 0.6 is 11.6 Å². The number of aromatic nitrogens is 2. The van der Waals surface area contributed by atoms with Gasteiger partial charge in [0.25, 0.3) is 5.91 Å². The number of nitrogen functional groups attached to an aromatic ring is 1. The third-order valence-electron chi connectivity index (χ3n) is 3.62. The smallest absolute Gasteiger partial charge is 0.252 e. The van der Waals surface area contributed by atoms with Crippen LogP contribution in [0.15, 0.2) is 18.2 Å². The summed E-state index contributed by atoms with van der Waals surface area (Å²) in [6.07, 6.45) is 0.708. The van der Waals surface area contributed by atoms with Crippen molar-refractivity contribution in [2.24, 2.45) is 0 Å². The fraction of sp³-hybridized carbons (Fsp3) is 0.308. The van der Waals surface area contributed by atoms with Crippen molar-refractivity contribution in [1.29, 1.82) is 0 Å². The first-order chi connectivity index (χ1) is 9.50. The molecule has 1 aliphatic rings. The van der Waals surface area contributed by atoms with Gasteiger partial charge in [-0.2, -0.15) is 0 Å². The highest BCUT2D eigenvalue weighted by atomic mass is 35.5. The molecule has 1 unspecified atom stereocenters. The van der Waals surface area contributed by atoms with Crippen molar-refractivity contribution in [3.05, 3.63) is 23.2 Å². The number of para-hydroxylation sites is 1. The number of nitrogens with zero attached hydrogens (tertiary/aromatic N) is 3. The Bertz CT molecular complexity index is 724. The quantitative estimate of drug-likeness (QED) is 0.809. The van der Waals surface area contributed by atoms with Gasteiger partial charge >= 0.3 is 0 Å². The molecule has 2 heterocycles. The molecule has 2 N–H and O–H groups in total. The third kappa shape index (κ3) is 1.76. The van der Waals surface area contributed by atoms with Gasteiger partial charge in [0.1, 0.15) is 6.04 Å². The summed E-state index contributed by atoms with van der Waals surface area (Å²) in [6, 6.07) is 4.75. The predicted octanol–water partition coefficient (Wildman–Crippen LogP) is 1.59. The Labute approximate surface area is 120 Å². The lowest BCUT2D eigenvalue weighted by atomic mass is 10.0.